The van der Waals surface area contributed by atoms with E-state index in [4.69, 9.17) is 0 Å². The standard InChI is InChI=1S/C20H27N3O.ClH/c24-19(22-18-2-1-17-12-21-4-3-16(17)8-18)23-20-9-13-5-14(10-20)7-15(6-13)11-20;/h1-2,8,13-15,21H,3-7,9-12H2,(H2,22,23,24);1H. The first-order valence-electron chi connectivity index (χ1n) is 9.59. The fraction of sp³-hybridized carbons (Fsp3) is 0.650. The van der Waals surface area contributed by atoms with E-state index in [0.29, 0.717) is 0 Å². The van der Waals surface area contributed by atoms with E-state index < -0.39 is 0 Å². The summed E-state index contributed by atoms with van der Waals surface area (Å²) in [4.78, 5) is 12.6. The zero-order valence-electron chi connectivity index (χ0n) is 14.6. The summed E-state index contributed by atoms with van der Waals surface area (Å²) in [6.07, 6.45) is 8.85. The fourth-order valence-electron chi connectivity index (χ4n) is 6.22. The summed E-state index contributed by atoms with van der Waals surface area (Å²) in [5.74, 6) is 2.56. The van der Waals surface area contributed by atoms with Crippen molar-refractivity contribution in [2.45, 2.75) is 57.0 Å². The Balaban J connectivity index is 0.00000157. The molecule has 4 saturated carbocycles. The predicted octanol–water partition coefficient (Wildman–Crippen LogP) is 3.84. The lowest BCUT2D eigenvalue weighted by Crippen LogP contribution is -2.60. The minimum atomic E-state index is -0.00849. The summed E-state index contributed by atoms with van der Waals surface area (Å²) >= 11 is 0. The van der Waals surface area contributed by atoms with Crippen LogP contribution in [-0.4, -0.2) is 18.1 Å². The van der Waals surface area contributed by atoms with Crippen LogP contribution in [-0.2, 0) is 13.0 Å². The predicted molar refractivity (Wildman–Crippen MR) is 102 cm³/mol. The van der Waals surface area contributed by atoms with Crippen LogP contribution in [0.25, 0.3) is 0 Å². The molecule has 4 aliphatic carbocycles. The van der Waals surface area contributed by atoms with Crippen LogP contribution in [0.4, 0.5) is 10.5 Å². The van der Waals surface area contributed by atoms with Crippen LogP contribution >= 0.6 is 12.4 Å². The highest BCUT2D eigenvalue weighted by Gasteiger charge is 2.51. The van der Waals surface area contributed by atoms with Gasteiger partial charge in [-0.05, 0) is 92.5 Å². The van der Waals surface area contributed by atoms with Gasteiger partial charge >= 0.3 is 6.03 Å². The van der Waals surface area contributed by atoms with Gasteiger partial charge in [0.15, 0.2) is 0 Å². The maximum absolute atomic E-state index is 12.6. The van der Waals surface area contributed by atoms with Gasteiger partial charge in [0.25, 0.3) is 0 Å². The third kappa shape index (κ3) is 3.26. The molecule has 0 atom stereocenters. The Morgan fingerprint density at radius 2 is 1.72 bits per heavy atom. The second-order valence-corrected chi connectivity index (χ2v) is 8.69. The Hall–Kier alpha value is -1.26. The average molecular weight is 362 g/mol. The van der Waals surface area contributed by atoms with E-state index in [2.05, 4.69) is 28.1 Å². The Kier molecular flexibility index (Phi) is 4.45. The maximum atomic E-state index is 12.6. The number of fused-ring (bicyclic) bond motifs is 1. The second kappa shape index (κ2) is 6.48. The molecule has 1 aliphatic heterocycles. The van der Waals surface area contributed by atoms with Gasteiger partial charge in [-0.2, -0.15) is 0 Å². The number of urea groups is 1. The first-order valence-corrected chi connectivity index (χ1v) is 9.59. The fourth-order valence-corrected chi connectivity index (χ4v) is 6.22. The first kappa shape index (κ1) is 17.2. The molecular weight excluding hydrogens is 334 g/mol. The van der Waals surface area contributed by atoms with Gasteiger partial charge in [0, 0.05) is 17.8 Å². The summed E-state index contributed by atoms with van der Waals surface area (Å²) in [6, 6.07) is 6.31. The van der Waals surface area contributed by atoms with Crippen LogP contribution in [0.15, 0.2) is 18.2 Å². The molecule has 5 aliphatic rings. The molecule has 3 N–H and O–H groups in total. The molecular formula is C20H28ClN3O. The number of carbonyl (C=O) groups is 1. The number of benzene rings is 1. The Bertz CT molecular complexity index is 640. The van der Waals surface area contributed by atoms with Gasteiger partial charge in [0.2, 0.25) is 0 Å². The van der Waals surface area contributed by atoms with E-state index >= 15 is 0 Å². The molecule has 0 spiro atoms. The number of hydrogen-bond acceptors (Lipinski definition) is 2. The van der Waals surface area contributed by atoms with Gasteiger partial charge < -0.3 is 16.0 Å². The highest BCUT2D eigenvalue weighted by Crippen LogP contribution is 2.55. The zero-order valence-corrected chi connectivity index (χ0v) is 15.5. The summed E-state index contributed by atoms with van der Waals surface area (Å²) in [5, 5.41) is 9.87. The summed E-state index contributed by atoms with van der Waals surface area (Å²) < 4.78 is 0. The van der Waals surface area contributed by atoms with Crippen molar-refractivity contribution in [3.63, 3.8) is 0 Å². The number of anilines is 1. The van der Waals surface area contributed by atoms with Gasteiger partial charge in [-0.15, -0.1) is 12.4 Å². The van der Waals surface area contributed by atoms with Crippen molar-refractivity contribution in [3.8, 4) is 0 Å². The van der Waals surface area contributed by atoms with E-state index in [-0.39, 0.29) is 24.0 Å². The van der Waals surface area contributed by atoms with Gasteiger partial charge in [0.05, 0.1) is 0 Å². The van der Waals surface area contributed by atoms with Gasteiger partial charge in [-0.1, -0.05) is 6.07 Å². The minimum Gasteiger partial charge on any atom is -0.332 e. The molecule has 1 aromatic rings. The summed E-state index contributed by atoms with van der Waals surface area (Å²) in [5.41, 5.74) is 3.73. The molecule has 0 saturated heterocycles. The second-order valence-electron chi connectivity index (χ2n) is 8.69. The first-order chi connectivity index (χ1) is 11.7. The van der Waals surface area contributed by atoms with Crippen LogP contribution in [0, 0.1) is 17.8 Å². The number of amides is 2. The third-order valence-electron chi connectivity index (χ3n) is 6.77. The van der Waals surface area contributed by atoms with E-state index in [1.165, 1.54) is 49.7 Å². The summed E-state index contributed by atoms with van der Waals surface area (Å²) in [6.45, 7) is 1.96. The topological polar surface area (TPSA) is 53.2 Å². The number of nitrogens with one attached hydrogen (secondary N) is 3. The smallest absolute Gasteiger partial charge is 0.319 e. The molecule has 0 radical (unpaired) electrons. The number of hydrogen-bond donors (Lipinski definition) is 3. The molecule has 4 nitrogen and oxygen atoms in total. The van der Waals surface area contributed by atoms with E-state index in [9.17, 15) is 4.79 Å². The number of rotatable bonds is 2. The van der Waals surface area contributed by atoms with Crippen molar-refractivity contribution in [2.75, 3.05) is 11.9 Å². The highest BCUT2D eigenvalue weighted by atomic mass is 35.5. The largest absolute Gasteiger partial charge is 0.332 e. The SMILES string of the molecule is Cl.O=C(Nc1ccc2c(c1)CCNC2)NC12CC3CC(CC(C3)C1)C2. The van der Waals surface area contributed by atoms with Gasteiger partial charge in [-0.25, -0.2) is 4.79 Å². The molecule has 5 heteroatoms. The minimum absolute atomic E-state index is 0. The Morgan fingerprint density at radius 1 is 1.04 bits per heavy atom. The van der Waals surface area contributed by atoms with Crippen LogP contribution in [0.1, 0.15) is 49.7 Å². The molecule has 1 aromatic carbocycles. The lowest BCUT2D eigenvalue weighted by molar-refractivity contribution is -0.0127. The van der Waals surface area contributed by atoms with E-state index in [1.54, 1.807) is 0 Å². The lowest BCUT2D eigenvalue weighted by Gasteiger charge is -2.56. The monoisotopic (exact) mass is 361 g/mol. The van der Waals surface area contributed by atoms with Crippen molar-refractivity contribution in [1.29, 1.82) is 0 Å². The molecule has 1 heterocycles. The summed E-state index contributed by atoms with van der Waals surface area (Å²) in [7, 11) is 0. The highest BCUT2D eigenvalue weighted by molar-refractivity contribution is 5.90. The molecule has 0 aromatic heterocycles. The molecule has 4 bridgehead atoms. The van der Waals surface area contributed by atoms with Crippen molar-refractivity contribution in [3.05, 3.63) is 29.3 Å². The van der Waals surface area contributed by atoms with Crippen molar-refractivity contribution in [1.82, 2.24) is 10.6 Å². The third-order valence-corrected chi connectivity index (χ3v) is 6.77. The van der Waals surface area contributed by atoms with Crippen LogP contribution in [0.2, 0.25) is 0 Å². The molecule has 25 heavy (non-hydrogen) atoms. The van der Waals surface area contributed by atoms with Gasteiger partial charge in [-0.3, -0.25) is 0 Å². The normalized spacial score (nSPS) is 34.8. The van der Waals surface area contributed by atoms with Crippen molar-refractivity contribution < 1.29 is 4.79 Å². The van der Waals surface area contributed by atoms with Gasteiger partial charge in [0.1, 0.15) is 0 Å². The molecule has 136 valence electrons. The van der Waals surface area contributed by atoms with E-state index in [1.807, 2.05) is 6.07 Å². The van der Waals surface area contributed by atoms with Crippen molar-refractivity contribution in [2.24, 2.45) is 17.8 Å². The quantitative estimate of drug-likeness (QED) is 0.749. The lowest BCUT2D eigenvalue weighted by atomic mass is 9.53. The Morgan fingerprint density at radius 3 is 2.40 bits per heavy atom. The Labute approximate surface area is 155 Å². The molecule has 2 amide bonds. The number of halogens is 1. The van der Waals surface area contributed by atoms with Crippen LogP contribution < -0.4 is 16.0 Å². The van der Waals surface area contributed by atoms with Crippen LogP contribution in [0.3, 0.4) is 0 Å². The number of carbonyl (C=O) groups excluding carboxylic acids is 1. The molecule has 6 rings (SSSR count). The average Bonchev–Trinajstić information content (AvgIpc) is 2.52. The van der Waals surface area contributed by atoms with Crippen LogP contribution in [0.5, 0.6) is 0 Å². The maximum Gasteiger partial charge on any atom is 0.319 e. The van der Waals surface area contributed by atoms with E-state index in [0.717, 1.165) is 43.0 Å². The van der Waals surface area contributed by atoms with Crippen molar-refractivity contribution >= 4 is 24.1 Å². The molecule has 4 fully saturated rings. The zero-order chi connectivity index (χ0) is 16.1. The molecule has 0 unspecified atom stereocenters.